The summed E-state index contributed by atoms with van der Waals surface area (Å²) >= 11 is 0. The van der Waals surface area contributed by atoms with E-state index in [0.29, 0.717) is 6.54 Å². The third-order valence-electron chi connectivity index (χ3n) is 1.20. The fraction of sp³-hybridized carbons (Fsp3) is 0.286. The summed E-state index contributed by atoms with van der Waals surface area (Å²) in [6, 6.07) is 0. The molecule has 0 bridgehead atoms. The van der Waals surface area contributed by atoms with Gasteiger partial charge in [-0.3, -0.25) is 4.79 Å². The normalized spacial score (nSPS) is 18.3. The summed E-state index contributed by atoms with van der Waals surface area (Å²) < 4.78 is 0. The quantitative estimate of drug-likeness (QED) is 0.502. The summed E-state index contributed by atoms with van der Waals surface area (Å²) in [4.78, 5) is 10.6. The van der Waals surface area contributed by atoms with Gasteiger partial charge >= 0.3 is 0 Å². The van der Waals surface area contributed by atoms with E-state index in [4.69, 9.17) is 0 Å². The first-order valence-electron chi connectivity index (χ1n) is 2.92. The van der Waals surface area contributed by atoms with Crippen molar-refractivity contribution in [3.05, 3.63) is 23.8 Å². The average molecular weight is 123 g/mol. The fourth-order valence-electron chi connectivity index (χ4n) is 0.647. The Hall–Kier alpha value is -1.05. The first-order valence-corrected chi connectivity index (χ1v) is 2.92. The van der Waals surface area contributed by atoms with Crippen LogP contribution in [0.4, 0.5) is 0 Å². The van der Waals surface area contributed by atoms with Crippen LogP contribution in [0.2, 0.25) is 0 Å². The van der Waals surface area contributed by atoms with Crippen molar-refractivity contribution in [3.63, 3.8) is 0 Å². The molecule has 0 aromatic heterocycles. The molecule has 2 nitrogen and oxygen atoms in total. The van der Waals surface area contributed by atoms with E-state index in [0.717, 1.165) is 5.57 Å². The summed E-state index contributed by atoms with van der Waals surface area (Å²) in [7, 11) is 0. The van der Waals surface area contributed by atoms with Crippen molar-refractivity contribution in [2.75, 3.05) is 6.54 Å². The second-order valence-electron chi connectivity index (χ2n) is 2.03. The van der Waals surface area contributed by atoms with Crippen molar-refractivity contribution in [1.82, 2.24) is 5.32 Å². The Balaban J connectivity index is 2.69. The highest BCUT2D eigenvalue weighted by atomic mass is 16.1. The van der Waals surface area contributed by atoms with Gasteiger partial charge in [0.2, 0.25) is 5.91 Å². The number of hydrogen-bond acceptors (Lipinski definition) is 1. The van der Waals surface area contributed by atoms with E-state index in [2.05, 4.69) is 5.32 Å². The van der Waals surface area contributed by atoms with E-state index in [1.807, 2.05) is 19.1 Å². The number of rotatable bonds is 0. The van der Waals surface area contributed by atoms with Crippen LogP contribution in [0, 0.1) is 0 Å². The lowest BCUT2D eigenvalue weighted by molar-refractivity contribution is -0.116. The predicted octanol–water partition coefficient (Wildman–Crippen LogP) is 0.619. The summed E-state index contributed by atoms with van der Waals surface area (Å²) in [5, 5.41) is 2.67. The Morgan fingerprint density at radius 3 is 3.11 bits per heavy atom. The minimum atomic E-state index is -0.0110. The van der Waals surface area contributed by atoms with Crippen LogP contribution >= 0.6 is 0 Å². The maximum atomic E-state index is 10.6. The van der Waals surface area contributed by atoms with Crippen LogP contribution in [-0.2, 0) is 4.79 Å². The van der Waals surface area contributed by atoms with E-state index >= 15 is 0 Å². The molecule has 48 valence electrons. The van der Waals surface area contributed by atoms with Crippen LogP contribution < -0.4 is 5.32 Å². The topological polar surface area (TPSA) is 29.1 Å². The molecule has 0 spiro atoms. The molecule has 0 unspecified atom stereocenters. The van der Waals surface area contributed by atoms with Gasteiger partial charge in [0, 0.05) is 12.6 Å². The van der Waals surface area contributed by atoms with Gasteiger partial charge in [0.15, 0.2) is 0 Å². The second-order valence-corrected chi connectivity index (χ2v) is 2.03. The van der Waals surface area contributed by atoms with E-state index in [-0.39, 0.29) is 5.91 Å². The fourth-order valence-corrected chi connectivity index (χ4v) is 0.647. The van der Waals surface area contributed by atoms with Crippen LogP contribution in [0.1, 0.15) is 6.92 Å². The molecule has 2 heteroatoms. The molecule has 0 radical (unpaired) electrons. The first kappa shape index (κ1) is 6.08. The summed E-state index contributed by atoms with van der Waals surface area (Å²) in [5.74, 6) is -0.0110. The highest BCUT2D eigenvalue weighted by Gasteiger charge is 1.95. The van der Waals surface area contributed by atoms with Gasteiger partial charge < -0.3 is 5.32 Å². The highest BCUT2D eigenvalue weighted by molar-refractivity contribution is 5.88. The third kappa shape index (κ3) is 1.72. The Kier molecular flexibility index (Phi) is 1.68. The largest absolute Gasteiger partial charge is 0.349 e. The standard InChI is InChI=1S/C7H9NO/c1-6-2-3-7(9)8-5-4-6/h2-4H,5H2,1H3,(H,8,9). The van der Waals surface area contributed by atoms with Crippen LogP contribution in [-0.4, -0.2) is 12.5 Å². The molecular formula is C7H9NO. The molecule has 9 heavy (non-hydrogen) atoms. The predicted molar refractivity (Wildman–Crippen MR) is 35.9 cm³/mol. The highest BCUT2D eigenvalue weighted by Crippen LogP contribution is 1.95. The number of carbonyl (C=O) groups excluding carboxylic acids is 1. The minimum absolute atomic E-state index is 0.0110. The Labute approximate surface area is 54.3 Å². The number of allylic oxidation sites excluding steroid dienone is 2. The van der Waals surface area contributed by atoms with Gasteiger partial charge in [0.1, 0.15) is 0 Å². The molecule has 0 saturated carbocycles. The molecule has 0 aliphatic carbocycles. The molecule has 0 atom stereocenters. The van der Waals surface area contributed by atoms with Crippen LogP contribution in [0.3, 0.4) is 0 Å². The molecule has 0 aromatic rings. The Morgan fingerprint density at radius 1 is 1.56 bits per heavy atom. The van der Waals surface area contributed by atoms with Crippen molar-refractivity contribution in [1.29, 1.82) is 0 Å². The van der Waals surface area contributed by atoms with E-state index < -0.39 is 0 Å². The SMILES string of the molecule is CC1=CCNC(=O)C=C1. The van der Waals surface area contributed by atoms with Crippen molar-refractivity contribution in [3.8, 4) is 0 Å². The van der Waals surface area contributed by atoms with Gasteiger partial charge in [0.25, 0.3) is 0 Å². The number of hydrogen-bond donors (Lipinski definition) is 1. The Morgan fingerprint density at radius 2 is 2.33 bits per heavy atom. The van der Waals surface area contributed by atoms with Gasteiger partial charge in [-0.05, 0) is 6.92 Å². The lowest BCUT2D eigenvalue weighted by Gasteiger charge is -1.90. The van der Waals surface area contributed by atoms with Crippen LogP contribution in [0.25, 0.3) is 0 Å². The molecule has 1 N–H and O–H groups in total. The van der Waals surface area contributed by atoms with Crippen molar-refractivity contribution in [2.24, 2.45) is 0 Å². The summed E-state index contributed by atoms with van der Waals surface area (Å²) in [5.41, 5.74) is 1.13. The molecule has 0 fully saturated rings. The molecule has 1 amide bonds. The summed E-state index contributed by atoms with van der Waals surface area (Å²) in [6.07, 6.45) is 5.32. The van der Waals surface area contributed by atoms with Gasteiger partial charge in [-0.1, -0.05) is 17.7 Å². The first-order chi connectivity index (χ1) is 4.29. The van der Waals surface area contributed by atoms with Gasteiger partial charge in [-0.25, -0.2) is 0 Å². The van der Waals surface area contributed by atoms with Crippen molar-refractivity contribution in [2.45, 2.75) is 6.92 Å². The van der Waals surface area contributed by atoms with Gasteiger partial charge in [-0.2, -0.15) is 0 Å². The average Bonchev–Trinajstić information content (AvgIpc) is 1.97. The van der Waals surface area contributed by atoms with Crippen LogP contribution in [0.5, 0.6) is 0 Å². The van der Waals surface area contributed by atoms with Gasteiger partial charge in [0.05, 0.1) is 0 Å². The lowest BCUT2D eigenvalue weighted by Crippen LogP contribution is -2.19. The smallest absolute Gasteiger partial charge is 0.244 e. The van der Waals surface area contributed by atoms with Crippen molar-refractivity contribution < 1.29 is 4.79 Å². The second kappa shape index (κ2) is 2.49. The zero-order valence-electron chi connectivity index (χ0n) is 5.35. The van der Waals surface area contributed by atoms with Crippen molar-refractivity contribution >= 4 is 5.91 Å². The zero-order valence-corrected chi connectivity index (χ0v) is 5.35. The Bertz CT molecular complexity index is 179. The van der Waals surface area contributed by atoms with E-state index in [1.54, 1.807) is 6.08 Å². The lowest BCUT2D eigenvalue weighted by atomic mass is 10.3. The maximum Gasteiger partial charge on any atom is 0.244 e. The van der Waals surface area contributed by atoms with E-state index in [9.17, 15) is 4.79 Å². The maximum absolute atomic E-state index is 10.6. The van der Waals surface area contributed by atoms with Crippen LogP contribution in [0.15, 0.2) is 23.8 Å². The molecule has 0 aromatic carbocycles. The summed E-state index contributed by atoms with van der Waals surface area (Å²) in [6.45, 7) is 2.62. The molecular weight excluding hydrogens is 114 g/mol. The molecule has 1 rings (SSSR count). The molecule has 0 saturated heterocycles. The minimum Gasteiger partial charge on any atom is -0.349 e. The molecule has 1 aliphatic heterocycles. The third-order valence-corrected chi connectivity index (χ3v) is 1.20. The van der Waals surface area contributed by atoms with Gasteiger partial charge in [-0.15, -0.1) is 0 Å². The molecule has 1 heterocycles. The monoisotopic (exact) mass is 123 g/mol. The molecule has 1 aliphatic rings. The number of carbonyl (C=O) groups is 1. The number of nitrogens with one attached hydrogen (secondary N) is 1. The number of amides is 1. The zero-order chi connectivity index (χ0) is 6.69. The van der Waals surface area contributed by atoms with E-state index in [1.165, 1.54) is 0 Å².